The normalized spacial score (nSPS) is 17.4. The van der Waals surface area contributed by atoms with E-state index < -0.39 is 6.36 Å². The van der Waals surface area contributed by atoms with Gasteiger partial charge in [0.05, 0.1) is 0 Å². The smallest absolute Gasteiger partial charge is 0.406 e. The summed E-state index contributed by atoms with van der Waals surface area (Å²) in [5.41, 5.74) is 1.24. The van der Waals surface area contributed by atoms with Gasteiger partial charge in [-0.1, -0.05) is 0 Å². The summed E-state index contributed by atoms with van der Waals surface area (Å²) >= 11 is 0. The van der Waals surface area contributed by atoms with Gasteiger partial charge in [0, 0.05) is 56.6 Å². The number of piperidine rings is 1. The molecule has 0 spiro atoms. The van der Waals surface area contributed by atoms with Gasteiger partial charge in [-0.25, -0.2) is 4.98 Å². The molecular formula is C22H26F3N5O2. The van der Waals surface area contributed by atoms with Gasteiger partial charge < -0.3 is 19.4 Å². The minimum Gasteiger partial charge on any atom is -0.406 e. The Hall–Kier alpha value is -3.04. The number of nitrogens with zero attached hydrogens (tertiary/aromatic N) is 5. The Morgan fingerprint density at radius 3 is 2.19 bits per heavy atom. The van der Waals surface area contributed by atoms with E-state index in [2.05, 4.69) is 19.5 Å². The van der Waals surface area contributed by atoms with E-state index in [1.54, 1.807) is 4.90 Å². The Labute approximate surface area is 184 Å². The van der Waals surface area contributed by atoms with Crippen LogP contribution in [0.5, 0.6) is 5.75 Å². The topological polar surface area (TPSA) is 61.8 Å². The summed E-state index contributed by atoms with van der Waals surface area (Å²) in [5.74, 6) is 1.07. The number of rotatable bonds is 4. The summed E-state index contributed by atoms with van der Waals surface area (Å²) in [6.45, 7) is 6.15. The number of hydrogen-bond acceptors (Lipinski definition) is 6. The maximum Gasteiger partial charge on any atom is 0.573 e. The van der Waals surface area contributed by atoms with E-state index >= 15 is 0 Å². The van der Waals surface area contributed by atoms with Crippen LogP contribution in [0.4, 0.5) is 24.9 Å². The Balaban J connectivity index is 1.38. The number of halogens is 3. The average molecular weight is 449 g/mol. The number of ether oxygens (including phenoxy) is 1. The number of piperazine rings is 1. The number of carbonyl (C=O) groups is 1. The molecule has 10 heteroatoms. The first kappa shape index (κ1) is 22.2. The molecule has 0 unspecified atom stereocenters. The van der Waals surface area contributed by atoms with Gasteiger partial charge in [-0.2, -0.15) is 4.98 Å². The highest BCUT2D eigenvalue weighted by molar-refractivity contribution is 5.94. The summed E-state index contributed by atoms with van der Waals surface area (Å²) in [7, 11) is 0. The Morgan fingerprint density at radius 2 is 1.56 bits per heavy atom. The van der Waals surface area contributed by atoms with Crippen molar-refractivity contribution in [3.63, 3.8) is 0 Å². The van der Waals surface area contributed by atoms with Crippen molar-refractivity contribution in [2.24, 2.45) is 0 Å². The number of aryl methyl sites for hydroxylation is 1. The summed E-state index contributed by atoms with van der Waals surface area (Å²) in [6.07, 6.45) is -1.22. The zero-order valence-electron chi connectivity index (χ0n) is 17.9. The van der Waals surface area contributed by atoms with Gasteiger partial charge in [-0.05, 0) is 50.5 Å². The van der Waals surface area contributed by atoms with Crippen LogP contribution in [-0.4, -0.2) is 66.4 Å². The third kappa shape index (κ3) is 5.41. The number of alkyl halides is 3. The molecule has 172 valence electrons. The first-order valence-corrected chi connectivity index (χ1v) is 10.8. The Morgan fingerprint density at radius 1 is 0.906 bits per heavy atom. The van der Waals surface area contributed by atoms with E-state index in [1.165, 1.54) is 18.6 Å². The fourth-order valence-electron chi connectivity index (χ4n) is 4.05. The molecule has 0 radical (unpaired) electrons. The van der Waals surface area contributed by atoms with Gasteiger partial charge in [0.2, 0.25) is 5.95 Å². The third-order valence-corrected chi connectivity index (χ3v) is 5.69. The second kappa shape index (κ2) is 9.22. The largest absolute Gasteiger partial charge is 0.573 e. The number of benzene rings is 1. The van der Waals surface area contributed by atoms with Crippen molar-refractivity contribution < 1.29 is 22.7 Å². The molecule has 1 amide bonds. The lowest BCUT2D eigenvalue weighted by atomic mass is 10.1. The Bertz CT molecular complexity index is 938. The van der Waals surface area contributed by atoms with Crippen molar-refractivity contribution >= 4 is 17.7 Å². The van der Waals surface area contributed by atoms with Crippen molar-refractivity contribution in [3.05, 3.63) is 41.6 Å². The summed E-state index contributed by atoms with van der Waals surface area (Å²) < 4.78 is 40.8. The highest BCUT2D eigenvalue weighted by atomic mass is 19.4. The average Bonchev–Trinajstić information content (AvgIpc) is 2.78. The van der Waals surface area contributed by atoms with Crippen molar-refractivity contribution in [1.82, 2.24) is 14.9 Å². The van der Waals surface area contributed by atoms with Gasteiger partial charge in [0.25, 0.3) is 5.91 Å². The van der Waals surface area contributed by atoms with Crippen LogP contribution in [0.15, 0.2) is 30.3 Å². The molecule has 1 aromatic heterocycles. The molecule has 0 bridgehead atoms. The highest BCUT2D eigenvalue weighted by Gasteiger charge is 2.31. The molecule has 0 atom stereocenters. The summed E-state index contributed by atoms with van der Waals surface area (Å²) in [5, 5.41) is 0. The lowest BCUT2D eigenvalue weighted by molar-refractivity contribution is -0.274. The molecule has 7 nitrogen and oxygen atoms in total. The van der Waals surface area contributed by atoms with E-state index in [0.717, 1.165) is 55.5 Å². The van der Waals surface area contributed by atoms with Crippen LogP contribution in [0.2, 0.25) is 0 Å². The van der Waals surface area contributed by atoms with Gasteiger partial charge in [-0.15, -0.1) is 13.2 Å². The van der Waals surface area contributed by atoms with Crippen molar-refractivity contribution in [2.45, 2.75) is 32.5 Å². The molecule has 32 heavy (non-hydrogen) atoms. The number of anilines is 2. The zero-order chi connectivity index (χ0) is 22.7. The number of carbonyl (C=O) groups excluding carboxylic acids is 1. The van der Waals surface area contributed by atoms with E-state index in [-0.39, 0.29) is 11.7 Å². The van der Waals surface area contributed by atoms with Gasteiger partial charge >= 0.3 is 6.36 Å². The van der Waals surface area contributed by atoms with Crippen LogP contribution >= 0.6 is 0 Å². The summed E-state index contributed by atoms with van der Waals surface area (Å²) in [4.78, 5) is 28.2. The second-order valence-electron chi connectivity index (χ2n) is 8.07. The molecular weight excluding hydrogens is 423 g/mol. The SMILES string of the molecule is Cc1cc(N2CCN(C(=O)c3ccc(OC(F)(F)F)cc3)CC2)nc(N2CCCCC2)n1. The van der Waals surface area contributed by atoms with Crippen LogP contribution in [0.1, 0.15) is 35.3 Å². The molecule has 2 aliphatic rings. The van der Waals surface area contributed by atoms with Crippen LogP contribution in [-0.2, 0) is 0 Å². The first-order chi connectivity index (χ1) is 15.3. The molecule has 1 aromatic carbocycles. The van der Waals surface area contributed by atoms with E-state index in [1.807, 2.05) is 13.0 Å². The van der Waals surface area contributed by atoms with Gasteiger partial charge in [0.15, 0.2) is 0 Å². The minimum atomic E-state index is -4.75. The fraction of sp³-hybridized carbons (Fsp3) is 0.500. The van der Waals surface area contributed by atoms with Gasteiger partial charge in [-0.3, -0.25) is 4.79 Å². The molecule has 0 N–H and O–H groups in total. The standard InChI is InChI=1S/C22H26F3N5O2/c1-16-15-19(27-21(26-16)30-9-3-2-4-10-30)28-11-13-29(14-12-28)20(31)17-5-7-18(8-6-17)32-22(23,24)25/h5-8,15H,2-4,9-14H2,1H3. The van der Waals surface area contributed by atoms with Gasteiger partial charge in [0.1, 0.15) is 11.6 Å². The molecule has 4 rings (SSSR count). The number of aromatic nitrogens is 2. The third-order valence-electron chi connectivity index (χ3n) is 5.69. The summed E-state index contributed by atoms with van der Waals surface area (Å²) in [6, 6.07) is 6.98. The maximum absolute atomic E-state index is 12.8. The fourth-order valence-corrected chi connectivity index (χ4v) is 4.05. The van der Waals surface area contributed by atoms with E-state index in [4.69, 9.17) is 4.98 Å². The molecule has 2 saturated heterocycles. The van der Waals surface area contributed by atoms with Crippen molar-refractivity contribution in [3.8, 4) is 5.75 Å². The van der Waals surface area contributed by atoms with Crippen LogP contribution in [0.25, 0.3) is 0 Å². The zero-order valence-corrected chi connectivity index (χ0v) is 17.9. The quantitative estimate of drug-likeness (QED) is 0.711. The number of hydrogen-bond donors (Lipinski definition) is 0. The van der Waals surface area contributed by atoms with Crippen molar-refractivity contribution in [2.75, 3.05) is 49.1 Å². The molecule has 0 aliphatic carbocycles. The monoisotopic (exact) mass is 449 g/mol. The second-order valence-corrected chi connectivity index (χ2v) is 8.07. The maximum atomic E-state index is 12.8. The predicted molar refractivity (Wildman–Crippen MR) is 114 cm³/mol. The molecule has 2 aliphatic heterocycles. The molecule has 3 heterocycles. The van der Waals surface area contributed by atoms with E-state index in [9.17, 15) is 18.0 Å². The Kier molecular flexibility index (Phi) is 6.38. The van der Waals surface area contributed by atoms with Crippen LogP contribution in [0, 0.1) is 6.92 Å². The first-order valence-electron chi connectivity index (χ1n) is 10.8. The molecule has 2 aromatic rings. The lowest BCUT2D eigenvalue weighted by Gasteiger charge is -2.36. The number of amides is 1. The van der Waals surface area contributed by atoms with E-state index in [0.29, 0.717) is 31.7 Å². The highest BCUT2D eigenvalue weighted by Crippen LogP contribution is 2.24. The van der Waals surface area contributed by atoms with Crippen molar-refractivity contribution in [1.29, 1.82) is 0 Å². The van der Waals surface area contributed by atoms with Crippen LogP contribution in [0.3, 0.4) is 0 Å². The molecule has 0 saturated carbocycles. The molecule has 2 fully saturated rings. The lowest BCUT2D eigenvalue weighted by Crippen LogP contribution is -2.49. The van der Waals surface area contributed by atoms with Crippen LogP contribution < -0.4 is 14.5 Å². The predicted octanol–water partition coefficient (Wildman–Crippen LogP) is 3.64. The minimum absolute atomic E-state index is 0.212.